The van der Waals surface area contributed by atoms with Crippen molar-refractivity contribution in [2.24, 2.45) is 0 Å². The molecule has 1 amide bonds. The largest absolute Gasteiger partial charge is 0.493 e. The highest BCUT2D eigenvalue weighted by Gasteiger charge is 2.43. The highest BCUT2D eigenvalue weighted by Crippen LogP contribution is 2.40. The van der Waals surface area contributed by atoms with Crippen molar-refractivity contribution < 1.29 is 23.0 Å². The fraction of sp³-hybridized carbons (Fsp3) is 0.560. The summed E-state index contributed by atoms with van der Waals surface area (Å²) >= 11 is 0. The van der Waals surface area contributed by atoms with E-state index in [0.717, 1.165) is 25.5 Å². The third kappa shape index (κ3) is 4.58. The molecule has 33 heavy (non-hydrogen) atoms. The van der Waals surface area contributed by atoms with Crippen LogP contribution in [0, 0.1) is 0 Å². The Labute approximate surface area is 193 Å². The number of halogens is 2. The summed E-state index contributed by atoms with van der Waals surface area (Å²) in [5.41, 5.74) is 1.13. The number of fused-ring (bicyclic) bond motifs is 2. The summed E-state index contributed by atoms with van der Waals surface area (Å²) in [4.78, 5) is 15.0. The maximum atomic E-state index is 14.1. The first-order valence-corrected chi connectivity index (χ1v) is 11.7. The van der Waals surface area contributed by atoms with Gasteiger partial charge in [0.25, 0.3) is 11.8 Å². The van der Waals surface area contributed by atoms with Crippen LogP contribution in [0.5, 0.6) is 11.5 Å². The number of nitrogens with one attached hydrogen (secondary N) is 1. The van der Waals surface area contributed by atoms with Crippen molar-refractivity contribution in [1.29, 1.82) is 0 Å². The van der Waals surface area contributed by atoms with Crippen LogP contribution in [0.3, 0.4) is 0 Å². The lowest BCUT2D eigenvalue weighted by Gasteiger charge is -2.46. The molecule has 0 radical (unpaired) electrons. The summed E-state index contributed by atoms with van der Waals surface area (Å²) in [5.74, 6) is -1.75. The Morgan fingerprint density at radius 1 is 1.15 bits per heavy atom. The molecule has 2 aliphatic rings. The van der Waals surface area contributed by atoms with E-state index in [1.165, 1.54) is 6.07 Å². The van der Waals surface area contributed by atoms with Crippen molar-refractivity contribution in [3.8, 4) is 11.5 Å². The summed E-state index contributed by atoms with van der Waals surface area (Å²) in [6.07, 6.45) is 3.34. The van der Waals surface area contributed by atoms with Crippen molar-refractivity contribution in [1.82, 2.24) is 14.8 Å². The number of carbonyl (C=O) groups is 1. The molecule has 0 bridgehead atoms. The Hall–Kier alpha value is -2.61. The minimum absolute atomic E-state index is 0.0600. The molecule has 1 N–H and O–H groups in total. The van der Waals surface area contributed by atoms with E-state index in [2.05, 4.69) is 12.2 Å². The molecule has 0 aliphatic carbocycles. The van der Waals surface area contributed by atoms with Gasteiger partial charge in [0.2, 0.25) is 0 Å². The van der Waals surface area contributed by atoms with Crippen LogP contribution in [-0.4, -0.2) is 48.7 Å². The first-order valence-electron chi connectivity index (χ1n) is 11.7. The fourth-order valence-electron chi connectivity index (χ4n) is 4.96. The van der Waals surface area contributed by atoms with Crippen molar-refractivity contribution >= 4 is 5.91 Å². The van der Waals surface area contributed by atoms with Crippen LogP contribution in [0.1, 0.15) is 61.3 Å². The molecule has 1 aromatic carbocycles. The number of piperidine rings is 1. The summed E-state index contributed by atoms with van der Waals surface area (Å²) in [6.45, 7) is 5.91. The molecule has 3 heterocycles. The summed E-state index contributed by atoms with van der Waals surface area (Å²) < 4.78 is 41.1. The van der Waals surface area contributed by atoms with Crippen LogP contribution in [0.4, 0.5) is 8.78 Å². The first kappa shape index (κ1) is 23.5. The predicted molar refractivity (Wildman–Crippen MR) is 122 cm³/mol. The molecule has 1 aromatic heterocycles. The number of unbranched alkanes of at least 4 members (excludes halogenated alkanes) is 1. The molecule has 8 heteroatoms. The Bertz CT molecular complexity index is 991. The van der Waals surface area contributed by atoms with E-state index in [4.69, 9.17) is 9.47 Å². The van der Waals surface area contributed by atoms with E-state index in [1.54, 1.807) is 29.9 Å². The lowest BCUT2D eigenvalue weighted by atomic mass is 9.83. The molecule has 4 rings (SSSR count). The quantitative estimate of drug-likeness (QED) is 0.616. The van der Waals surface area contributed by atoms with Gasteiger partial charge in [0.1, 0.15) is 0 Å². The zero-order chi connectivity index (χ0) is 23.6. The van der Waals surface area contributed by atoms with E-state index < -0.39 is 5.92 Å². The molecule has 0 atom stereocenters. The van der Waals surface area contributed by atoms with Gasteiger partial charge in [-0.3, -0.25) is 4.79 Å². The van der Waals surface area contributed by atoms with Gasteiger partial charge in [-0.1, -0.05) is 13.3 Å². The average molecular weight is 462 g/mol. The van der Waals surface area contributed by atoms with Gasteiger partial charge in [0, 0.05) is 44.4 Å². The minimum Gasteiger partial charge on any atom is -0.493 e. The molecule has 0 unspecified atom stereocenters. The molecule has 0 saturated carbocycles. The van der Waals surface area contributed by atoms with E-state index in [-0.39, 0.29) is 17.1 Å². The predicted octanol–water partition coefficient (Wildman–Crippen LogP) is 4.52. The topological polar surface area (TPSA) is 55.7 Å². The minimum atomic E-state index is -2.88. The Balaban J connectivity index is 1.47. The SMILES string of the molecule is CCCCOc1ccc(C(=O)N2CCC3(CC2)NCCn2c(C(C)(F)F)ccc23)cc1OC. The summed E-state index contributed by atoms with van der Waals surface area (Å²) in [6, 6.07) is 8.65. The lowest BCUT2D eigenvalue weighted by molar-refractivity contribution is 0.00674. The number of benzene rings is 1. The molecule has 6 nitrogen and oxygen atoms in total. The molecule has 1 fully saturated rings. The summed E-state index contributed by atoms with van der Waals surface area (Å²) in [5, 5.41) is 3.56. The van der Waals surface area contributed by atoms with E-state index >= 15 is 0 Å². The number of alkyl halides is 2. The van der Waals surface area contributed by atoms with Crippen LogP contribution in [0.15, 0.2) is 30.3 Å². The number of carbonyl (C=O) groups excluding carboxylic acids is 1. The smallest absolute Gasteiger partial charge is 0.285 e. The Kier molecular flexibility index (Phi) is 6.66. The van der Waals surface area contributed by atoms with Gasteiger partial charge < -0.3 is 24.3 Å². The molecule has 2 aliphatic heterocycles. The van der Waals surface area contributed by atoms with Crippen molar-refractivity contribution in [3.05, 3.63) is 47.3 Å². The molecular formula is C25H33F2N3O3. The molecule has 2 aromatic rings. The van der Waals surface area contributed by atoms with Crippen molar-refractivity contribution in [3.63, 3.8) is 0 Å². The second-order valence-corrected chi connectivity index (χ2v) is 9.01. The van der Waals surface area contributed by atoms with Crippen LogP contribution in [0.2, 0.25) is 0 Å². The highest BCUT2D eigenvalue weighted by molar-refractivity contribution is 5.95. The molecular weight excluding hydrogens is 428 g/mol. The average Bonchev–Trinajstić information content (AvgIpc) is 3.26. The number of aromatic nitrogens is 1. The zero-order valence-electron chi connectivity index (χ0n) is 19.6. The normalized spacial score (nSPS) is 17.7. The van der Waals surface area contributed by atoms with Crippen molar-refractivity contribution in [2.45, 2.75) is 57.5 Å². The number of hydrogen-bond donors (Lipinski definition) is 1. The first-order chi connectivity index (χ1) is 15.8. The lowest BCUT2D eigenvalue weighted by Crippen LogP contribution is -2.56. The maximum absolute atomic E-state index is 14.1. The second kappa shape index (κ2) is 9.33. The Morgan fingerprint density at radius 3 is 2.58 bits per heavy atom. The van der Waals surface area contributed by atoms with E-state index in [1.807, 2.05) is 11.0 Å². The summed E-state index contributed by atoms with van der Waals surface area (Å²) in [7, 11) is 1.57. The fourth-order valence-corrected chi connectivity index (χ4v) is 4.96. The van der Waals surface area contributed by atoms with Crippen LogP contribution >= 0.6 is 0 Å². The second-order valence-electron chi connectivity index (χ2n) is 9.01. The standard InChI is InChI=1S/C25H33F2N3O3/c1-4-5-16-33-19-7-6-18(17-20(19)32-3)23(31)29-13-10-25(11-14-29)22-9-8-21(24(2,26)27)30(22)15-12-28-25/h6-9,17,28H,4-5,10-16H2,1-3H3. The number of likely N-dealkylation sites (tertiary alicyclic amines) is 1. The number of hydrogen-bond acceptors (Lipinski definition) is 4. The number of amides is 1. The third-order valence-electron chi connectivity index (χ3n) is 6.79. The van der Waals surface area contributed by atoms with E-state index in [9.17, 15) is 13.6 Å². The van der Waals surface area contributed by atoms with E-state index in [0.29, 0.717) is 62.7 Å². The van der Waals surface area contributed by atoms with Gasteiger partial charge in [-0.05, 0) is 49.6 Å². The van der Waals surface area contributed by atoms with Gasteiger partial charge in [-0.15, -0.1) is 0 Å². The third-order valence-corrected chi connectivity index (χ3v) is 6.79. The maximum Gasteiger partial charge on any atom is 0.285 e. The van der Waals surface area contributed by atoms with Gasteiger partial charge in [-0.2, -0.15) is 0 Å². The van der Waals surface area contributed by atoms with Crippen LogP contribution in [0.25, 0.3) is 0 Å². The number of nitrogens with zero attached hydrogens (tertiary/aromatic N) is 2. The van der Waals surface area contributed by atoms with Gasteiger partial charge in [0.15, 0.2) is 11.5 Å². The van der Waals surface area contributed by atoms with Crippen LogP contribution < -0.4 is 14.8 Å². The van der Waals surface area contributed by atoms with Gasteiger partial charge >= 0.3 is 0 Å². The number of rotatable bonds is 7. The molecule has 1 spiro atoms. The monoisotopic (exact) mass is 461 g/mol. The zero-order valence-corrected chi connectivity index (χ0v) is 19.6. The van der Waals surface area contributed by atoms with Crippen molar-refractivity contribution in [2.75, 3.05) is 33.4 Å². The molecule has 180 valence electrons. The molecule has 1 saturated heterocycles. The number of ether oxygens (including phenoxy) is 2. The number of methoxy groups -OCH3 is 1. The van der Waals surface area contributed by atoms with Gasteiger partial charge in [-0.25, -0.2) is 8.78 Å². The van der Waals surface area contributed by atoms with Gasteiger partial charge in [0.05, 0.1) is 24.9 Å². The highest BCUT2D eigenvalue weighted by atomic mass is 19.3. The van der Waals surface area contributed by atoms with Crippen LogP contribution in [-0.2, 0) is 18.0 Å². The Morgan fingerprint density at radius 2 is 1.91 bits per heavy atom.